The molecule has 13 heteroatoms. The van der Waals surface area contributed by atoms with Crippen molar-refractivity contribution in [1.82, 2.24) is 14.5 Å². The molecule has 270 valence electrons. The van der Waals surface area contributed by atoms with E-state index in [-0.39, 0.29) is 6.09 Å². The van der Waals surface area contributed by atoms with Gasteiger partial charge in [-0.15, -0.1) is 0 Å². The topological polar surface area (TPSA) is 103 Å². The largest absolute Gasteiger partial charge is 0.491 e. The predicted molar refractivity (Wildman–Crippen MR) is 181 cm³/mol. The number of amides is 1. The lowest BCUT2D eigenvalue weighted by molar-refractivity contribution is -0.192. The number of carbonyl (C=O) groups is 2. The molecule has 1 aliphatic carbocycles. The van der Waals surface area contributed by atoms with Gasteiger partial charge in [-0.25, -0.2) is 14.6 Å². The number of aliphatic carboxylic acids is 1. The number of hydrogen-bond acceptors (Lipinski definition) is 6. The highest BCUT2D eigenvalue weighted by molar-refractivity contribution is 6.30. The van der Waals surface area contributed by atoms with E-state index in [1.165, 1.54) is 32.1 Å². The van der Waals surface area contributed by atoms with Crippen molar-refractivity contribution in [2.75, 3.05) is 19.7 Å². The molecule has 1 aromatic heterocycles. The molecule has 0 spiro atoms. The first-order valence-corrected chi connectivity index (χ1v) is 17.3. The summed E-state index contributed by atoms with van der Waals surface area (Å²) in [4.78, 5) is 28.3. The molecule has 0 radical (unpaired) electrons. The van der Waals surface area contributed by atoms with E-state index in [0.29, 0.717) is 23.5 Å². The van der Waals surface area contributed by atoms with Crippen LogP contribution in [0.5, 0.6) is 11.5 Å². The van der Waals surface area contributed by atoms with Gasteiger partial charge in [-0.05, 0) is 108 Å². The number of ether oxygens (including phenoxy) is 3. The number of para-hydroxylation sites is 1. The Bertz CT molecular complexity index is 1510. The molecule has 49 heavy (non-hydrogen) atoms. The molecule has 9 nitrogen and oxygen atoms in total. The molecule has 0 atom stereocenters. The van der Waals surface area contributed by atoms with Crippen molar-refractivity contribution in [2.45, 2.75) is 103 Å². The Morgan fingerprint density at radius 1 is 0.939 bits per heavy atom. The molecule has 2 aromatic carbocycles. The van der Waals surface area contributed by atoms with Crippen LogP contribution in [0.15, 0.2) is 42.5 Å². The Morgan fingerprint density at radius 2 is 1.59 bits per heavy atom. The summed E-state index contributed by atoms with van der Waals surface area (Å²) in [6.45, 7) is 9.24. The number of rotatable bonds is 10. The number of benzene rings is 2. The van der Waals surface area contributed by atoms with E-state index in [4.69, 9.17) is 40.7 Å². The highest BCUT2D eigenvalue weighted by Crippen LogP contribution is 2.31. The Morgan fingerprint density at radius 3 is 2.20 bits per heavy atom. The zero-order valence-corrected chi connectivity index (χ0v) is 29.2. The molecule has 2 fully saturated rings. The van der Waals surface area contributed by atoms with E-state index in [9.17, 15) is 18.0 Å². The third kappa shape index (κ3) is 12.0. The molecular formula is C36H47ClF3N3O6. The number of nitrogens with zero attached hydrogens (tertiary/aromatic N) is 3. The fourth-order valence-corrected chi connectivity index (χ4v) is 6.28. The van der Waals surface area contributed by atoms with E-state index in [0.717, 1.165) is 80.3 Å². The number of fused-ring (bicyclic) bond motifs is 1. The van der Waals surface area contributed by atoms with Gasteiger partial charge < -0.3 is 28.8 Å². The number of alkyl halides is 3. The van der Waals surface area contributed by atoms with Crippen LogP contribution in [0.25, 0.3) is 11.0 Å². The normalized spacial score (nSPS) is 16.2. The van der Waals surface area contributed by atoms with E-state index in [1.54, 1.807) is 0 Å². The lowest BCUT2D eigenvalue weighted by Crippen LogP contribution is -2.41. The molecule has 1 aliphatic heterocycles. The number of likely N-dealkylation sites (tertiary alicyclic amines) is 1. The van der Waals surface area contributed by atoms with Gasteiger partial charge in [0.1, 0.15) is 35.0 Å². The highest BCUT2D eigenvalue weighted by atomic mass is 35.5. The van der Waals surface area contributed by atoms with Gasteiger partial charge >= 0.3 is 18.2 Å². The molecular weight excluding hydrogens is 663 g/mol. The van der Waals surface area contributed by atoms with Gasteiger partial charge in [0.25, 0.3) is 0 Å². The summed E-state index contributed by atoms with van der Waals surface area (Å²) in [5, 5.41) is 7.81. The number of piperidine rings is 1. The maximum absolute atomic E-state index is 12.5. The number of halogens is 4. The van der Waals surface area contributed by atoms with Crippen molar-refractivity contribution in [3.63, 3.8) is 0 Å². The molecule has 5 rings (SSSR count). The third-order valence-electron chi connectivity index (χ3n) is 8.70. The second kappa shape index (κ2) is 17.3. The number of imidazole rings is 1. The highest BCUT2D eigenvalue weighted by Gasteiger charge is 2.38. The van der Waals surface area contributed by atoms with Crippen molar-refractivity contribution in [3.05, 3.63) is 53.3 Å². The molecule has 1 N–H and O–H groups in total. The quantitative estimate of drug-likeness (QED) is 0.224. The summed E-state index contributed by atoms with van der Waals surface area (Å²) in [7, 11) is 0. The van der Waals surface area contributed by atoms with Gasteiger partial charge in [0.05, 0.1) is 12.1 Å². The first-order chi connectivity index (χ1) is 23.2. The fourth-order valence-electron chi connectivity index (χ4n) is 6.15. The number of aryl methyl sites for hydroxylation is 1. The van der Waals surface area contributed by atoms with Crippen LogP contribution in [0.4, 0.5) is 18.0 Å². The molecule has 0 unspecified atom stereocenters. The number of carboxylic acids is 1. The second-order valence-electron chi connectivity index (χ2n) is 13.7. The SMILES string of the molecule is CC(C)(C)OC(=O)N1CCC(CCCn2c(COc3ccc(Cl)cc3)nc3c(OCC4CCCCC4)cccc32)CC1.O=C(O)C(F)(F)F. The summed E-state index contributed by atoms with van der Waals surface area (Å²) in [5.74, 6) is 0.996. The van der Waals surface area contributed by atoms with Crippen molar-refractivity contribution in [1.29, 1.82) is 0 Å². The van der Waals surface area contributed by atoms with Crippen LogP contribution in [-0.2, 0) is 22.7 Å². The van der Waals surface area contributed by atoms with Crippen LogP contribution < -0.4 is 9.47 Å². The lowest BCUT2D eigenvalue weighted by Gasteiger charge is -2.33. The van der Waals surface area contributed by atoms with Crippen molar-refractivity contribution in [2.24, 2.45) is 11.8 Å². The Balaban J connectivity index is 0.000000698. The first-order valence-electron chi connectivity index (χ1n) is 17.0. The smallest absolute Gasteiger partial charge is 0.490 e. The van der Waals surface area contributed by atoms with Gasteiger partial charge in [0.2, 0.25) is 0 Å². The molecule has 2 aliphatic rings. The van der Waals surface area contributed by atoms with Crippen molar-refractivity contribution >= 4 is 34.7 Å². The van der Waals surface area contributed by atoms with Crippen LogP contribution in [-0.4, -0.2) is 63.1 Å². The number of carbonyl (C=O) groups excluding carboxylic acids is 1. The first kappa shape index (κ1) is 38.1. The summed E-state index contributed by atoms with van der Waals surface area (Å²) in [6, 6.07) is 13.7. The molecule has 0 bridgehead atoms. The van der Waals surface area contributed by atoms with Crippen LogP contribution in [0.1, 0.15) is 84.4 Å². The van der Waals surface area contributed by atoms with E-state index in [2.05, 4.69) is 16.7 Å². The van der Waals surface area contributed by atoms with E-state index < -0.39 is 17.7 Å². The minimum atomic E-state index is -5.08. The van der Waals surface area contributed by atoms with Crippen LogP contribution in [0, 0.1) is 11.8 Å². The molecule has 1 amide bonds. The van der Waals surface area contributed by atoms with Gasteiger partial charge in [-0.1, -0.05) is 36.9 Å². The van der Waals surface area contributed by atoms with Gasteiger partial charge in [0, 0.05) is 24.7 Å². The molecule has 1 saturated heterocycles. The number of carboxylic acid groups (broad SMARTS) is 1. The summed E-state index contributed by atoms with van der Waals surface area (Å²) < 4.78 is 52.1. The Labute approximate surface area is 290 Å². The zero-order valence-electron chi connectivity index (χ0n) is 28.4. The molecule has 2 heterocycles. The monoisotopic (exact) mass is 709 g/mol. The van der Waals surface area contributed by atoms with Crippen molar-refractivity contribution in [3.8, 4) is 11.5 Å². The van der Waals surface area contributed by atoms with Gasteiger partial charge in [0.15, 0.2) is 0 Å². The summed E-state index contributed by atoms with van der Waals surface area (Å²) in [5.41, 5.74) is 1.54. The van der Waals surface area contributed by atoms with Gasteiger partial charge in [-0.2, -0.15) is 13.2 Å². The minimum absolute atomic E-state index is 0.197. The maximum Gasteiger partial charge on any atom is 0.490 e. The second-order valence-corrected chi connectivity index (χ2v) is 14.2. The van der Waals surface area contributed by atoms with Crippen LogP contribution >= 0.6 is 11.6 Å². The van der Waals surface area contributed by atoms with E-state index >= 15 is 0 Å². The Hall–Kier alpha value is -3.67. The predicted octanol–water partition coefficient (Wildman–Crippen LogP) is 9.29. The fraction of sp³-hybridized carbons (Fsp3) is 0.583. The minimum Gasteiger partial charge on any atom is -0.491 e. The van der Waals surface area contributed by atoms with E-state index in [1.807, 2.05) is 56.0 Å². The Kier molecular flexibility index (Phi) is 13.5. The van der Waals surface area contributed by atoms with Crippen LogP contribution in [0.3, 0.4) is 0 Å². The van der Waals surface area contributed by atoms with Crippen LogP contribution in [0.2, 0.25) is 5.02 Å². The average molecular weight is 710 g/mol. The molecule has 1 saturated carbocycles. The van der Waals surface area contributed by atoms with Crippen molar-refractivity contribution < 1.29 is 42.1 Å². The number of aromatic nitrogens is 2. The maximum atomic E-state index is 12.5. The standard InChI is InChI=1S/C34H46ClN3O4.C2HF3O2/c1-34(2,3)42-33(39)37-21-18-25(19-22-37)11-8-20-38-29-12-7-13-30(41-23-26-9-5-4-6-10-26)32(29)36-31(38)24-40-28-16-14-27(35)15-17-28;3-2(4,5)1(6)7/h7,12-17,25-26H,4-6,8-11,18-24H2,1-3H3;(H,6,7). The van der Waals surface area contributed by atoms with Gasteiger partial charge in [-0.3, -0.25) is 0 Å². The third-order valence-corrected chi connectivity index (χ3v) is 8.96. The summed E-state index contributed by atoms with van der Waals surface area (Å²) in [6.07, 6.45) is 5.33. The zero-order chi connectivity index (χ0) is 35.6. The molecule has 3 aromatic rings. The summed E-state index contributed by atoms with van der Waals surface area (Å²) >= 11 is 6.07. The lowest BCUT2D eigenvalue weighted by atomic mass is 9.90. The number of hydrogen-bond donors (Lipinski definition) is 1. The average Bonchev–Trinajstić information content (AvgIpc) is 3.41.